The van der Waals surface area contributed by atoms with Crippen LogP contribution >= 0.6 is 0 Å². The number of esters is 1. The van der Waals surface area contributed by atoms with Gasteiger partial charge in [0.1, 0.15) is 0 Å². The van der Waals surface area contributed by atoms with Gasteiger partial charge in [0, 0.05) is 6.42 Å². The van der Waals surface area contributed by atoms with Crippen molar-refractivity contribution in [2.75, 3.05) is 6.61 Å². The van der Waals surface area contributed by atoms with E-state index in [2.05, 4.69) is 19.1 Å². The highest BCUT2D eigenvalue weighted by molar-refractivity contribution is 5.69. The van der Waals surface area contributed by atoms with Gasteiger partial charge in [-0.1, -0.05) is 51.2 Å². The summed E-state index contributed by atoms with van der Waals surface area (Å²) in [6, 6.07) is 0. The Morgan fingerprint density at radius 2 is 1.59 bits per heavy atom. The minimum Gasteiger partial charge on any atom is -0.466 e. The van der Waals surface area contributed by atoms with E-state index >= 15 is 0 Å². The van der Waals surface area contributed by atoms with Gasteiger partial charge in [0.25, 0.3) is 0 Å². The zero-order valence-electron chi connectivity index (χ0n) is 14.9. The van der Waals surface area contributed by atoms with Gasteiger partial charge in [-0.15, -0.1) is 0 Å². The maximum absolute atomic E-state index is 11.1. The number of hydrogen-bond acceptors (Lipinski definition) is 3. The van der Waals surface area contributed by atoms with Gasteiger partial charge >= 0.3 is 5.97 Å². The third kappa shape index (κ3) is 14.1. The molecule has 1 unspecified atom stereocenters. The number of hydrogen-bond donors (Lipinski definition) is 1. The number of carbonyl (C=O) groups excluding carboxylic acids is 1. The van der Waals surface area contributed by atoms with Crippen molar-refractivity contribution in [2.24, 2.45) is 5.92 Å². The molecule has 0 spiro atoms. The Morgan fingerprint density at radius 3 is 2.18 bits per heavy atom. The molecule has 0 amide bonds. The minimum atomic E-state index is -0.214. The van der Waals surface area contributed by atoms with Crippen LogP contribution in [0.2, 0.25) is 0 Å². The van der Waals surface area contributed by atoms with Gasteiger partial charge in [-0.25, -0.2) is 0 Å². The van der Waals surface area contributed by atoms with Crippen molar-refractivity contribution in [2.45, 2.75) is 91.1 Å². The van der Waals surface area contributed by atoms with Gasteiger partial charge < -0.3 is 9.84 Å². The van der Waals surface area contributed by atoms with Crippen LogP contribution in [0.1, 0.15) is 85.0 Å². The van der Waals surface area contributed by atoms with E-state index in [9.17, 15) is 9.90 Å². The molecule has 0 aromatic carbocycles. The first-order chi connectivity index (χ1) is 10.6. The largest absolute Gasteiger partial charge is 0.466 e. The monoisotopic (exact) mass is 312 g/mol. The van der Waals surface area contributed by atoms with Crippen LogP contribution in [0, 0.1) is 5.92 Å². The summed E-state index contributed by atoms with van der Waals surface area (Å²) in [5.74, 6) is 0.296. The molecule has 0 aliphatic heterocycles. The van der Waals surface area contributed by atoms with E-state index in [-0.39, 0.29) is 12.1 Å². The number of aliphatic hydroxyl groups excluding tert-OH is 1. The van der Waals surface area contributed by atoms with Crippen molar-refractivity contribution in [3.63, 3.8) is 0 Å². The number of carbonyl (C=O) groups is 1. The lowest BCUT2D eigenvalue weighted by Gasteiger charge is -2.10. The van der Waals surface area contributed by atoms with Crippen LogP contribution in [0.15, 0.2) is 12.2 Å². The normalized spacial score (nSPS) is 14.2. The molecule has 0 bridgehead atoms. The summed E-state index contributed by atoms with van der Waals surface area (Å²) >= 11 is 0. The van der Waals surface area contributed by atoms with Gasteiger partial charge in [-0.05, 0) is 45.4 Å². The highest BCUT2D eigenvalue weighted by Gasteiger charge is 2.05. The van der Waals surface area contributed by atoms with Crippen LogP contribution in [-0.2, 0) is 9.53 Å². The molecule has 0 radical (unpaired) electrons. The van der Waals surface area contributed by atoms with Crippen molar-refractivity contribution in [3.8, 4) is 0 Å². The van der Waals surface area contributed by atoms with E-state index in [1.807, 2.05) is 13.8 Å². The van der Waals surface area contributed by atoms with Crippen LogP contribution in [0.4, 0.5) is 0 Å². The molecule has 2 atom stereocenters. The molecule has 0 heterocycles. The van der Waals surface area contributed by atoms with Crippen molar-refractivity contribution < 1.29 is 14.6 Å². The van der Waals surface area contributed by atoms with Gasteiger partial charge in [0.15, 0.2) is 0 Å². The number of ether oxygens (including phenoxy) is 1. The SMILES string of the molecule is CCOC(=O)CCCCCCCCC/C=C/CC(C)[C@H](C)O. The Bertz CT molecular complexity index is 284. The lowest BCUT2D eigenvalue weighted by atomic mass is 10.0. The summed E-state index contributed by atoms with van der Waals surface area (Å²) < 4.78 is 4.90. The Morgan fingerprint density at radius 1 is 1.00 bits per heavy atom. The van der Waals surface area contributed by atoms with Gasteiger partial charge in [0.2, 0.25) is 0 Å². The molecule has 0 aliphatic rings. The molecule has 0 saturated carbocycles. The van der Waals surface area contributed by atoms with Crippen LogP contribution in [0.5, 0.6) is 0 Å². The molecular formula is C19H36O3. The Kier molecular flexibility index (Phi) is 14.5. The van der Waals surface area contributed by atoms with Crippen LogP contribution < -0.4 is 0 Å². The highest BCUT2D eigenvalue weighted by Crippen LogP contribution is 2.12. The first-order valence-corrected chi connectivity index (χ1v) is 9.06. The Labute approximate surface area is 137 Å². The third-order valence-corrected chi connectivity index (χ3v) is 4.06. The van der Waals surface area contributed by atoms with Crippen molar-refractivity contribution in [3.05, 3.63) is 12.2 Å². The summed E-state index contributed by atoms with van der Waals surface area (Å²) in [5, 5.41) is 9.38. The van der Waals surface area contributed by atoms with E-state index in [0.29, 0.717) is 18.9 Å². The van der Waals surface area contributed by atoms with E-state index in [4.69, 9.17) is 4.74 Å². The van der Waals surface area contributed by atoms with E-state index in [1.165, 1.54) is 32.1 Å². The lowest BCUT2D eigenvalue weighted by Crippen LogP contribution is -2.11. The maximum atomic E-state index is 11.1. The zero-order chi connectivity index (χ0) is 16.6. The third-order valence-electron chi connectivity index (χ3n) is 4.06. The lowest BCUT2D eigenvalue weighted by molar-refractivity contribution is -0.143. The highest BCUT2D eigenvalue weighted by atomic mass is 16.5. The zero-order valence-corrected chi connectivity index (χ0v) is 14.9. The quantitative estimate of drug-likeness (QED) is 0.278. The molecule has 0 aromatic rings. The fourth-order valence-electron chi connectivity index (χ4n) is 2.27. The summed E-state index contributed by atoms with van der Waals surface area (Å²) in [6.07, 6.45) is 15.3. The molecule has 0 rings (SSSR count). The maximum Gasteiger partial charge on any atom is 0.305 e. The molecule has 22 heavy (non-hydrogen) atoms. The second kappa shape index (κ2) is 15.1. The van der Waals surface area contributed by atoms with Crippen LogP contribution in [-0.4, -0.2) is 23.8 Å². The van der Waals surface area contributed by atoms with Crippen LogP contribution in [0.25, 0.3) is 0 Å². The second-order valence-corrected chi connectivity index (χ2v) is 6.24. The van der Waals surface area contributed by atoms with E-state index < -0.39 is 0 Å². The van der Waals surface area contributed by atoms with Crippen molar-refractivity contribution in [1.82, 2.24) is 0 Å². The number of unbranched alkanes of at least 4 members (excludes halogenated alkanes) is 7. The molecule has 0 saturated heterocycles. The van der Waals surface area contributed by atoms with Crippen molar-refractivity contribution in [1.29, 1.82) is 0 Å². The number of allylic oxidation sites excluding steroid dienone is 2. The fourth-order valence-corrected chi connectivity index (χ4v) is 2.27. The first kappa shape index (κ1) is 21.2. The van der Waals surface area contributed by atoms with E-state index in [0.717, 1.165) is 25.7 Å². The van der Waals surface area contributed by atoms with Gasteiger partial charge in [0.05, 0.1) is 12.7 Å². The molecule has 130 valence electrons. The molecule has 3 nitrogen and oxygen atoms in total. The van der Waals surface area contributed by atoms with Crippen molar-refractivity contribution >= 4 is 5.97 Å². The summed E-state index contributed by atoms with van der Waals surface area (Å²) in [7, 11) is 0. The molecule has 0 aliphatic carbocycles. The predicted octanol–water partition coefficient (Wildman–Crippen LogP) is 5.02. The standard InChI is InChI=1S/C19H36O3/c1-4-22-19(21)16-14-12-10-8-6-5-7-9-11-13-15-17(2)18(3)20/h11,13,17-18,20H,4-10,12,14-16H2,1-3H3/b13-11+/t17?,18-/m0/s1. The average molecular weight is 312 g/mol. The smallest absolute Gasteiger partial charge is 0.305 e. The second-order valence-electron chi connectivity index (χ2n) is 6.24. The topological polar surface area (TPSA) is 46.5 Å². The fraction of sp³-hybridized carbons (Fsp3) is 0.842. The molecule has 0 aromatic heterocycles. The minimum absolute atomic E-state index is 0.0563. The number of aliphatic hydroxyl groups is 1. The summed E-state index contributed by atoms with van der Waals surface area (Å²) in [4.78, 5) is 11.1. The van der Waals surface area contributed by atoms with Gasteiger partial charge in [-0.2, -0.15) is 0 Å². The molecule has 1 N–H and O–H groups in total. The van der Waals surface area contributed by atoms with E-state index in [1.54, 1.807) is 0 Å². The summed E-state index contributed by atoms with van der Waals surface area (Å²) in [6.45, 7) is 6.27. The predicted molar refractivity (Wildman–Crippen MR) is 92.8 cm³/mol. The summed E-state index contributed by atoms with van der Waals surface area (Å²) in [5.41, 5.74) is 0. The molecular weight excluding hydrogens is 276 g/mol. The Balaban J connectivity index is 3.24. The van der Waals surface area contributed by atoms with Gasteiger partial charge in [-0.3, -0.25) is 4.79 Å². The van der Waals surface area contributed by atoms with Crippen LogP contribution in [0.3, 0.4) is 0 Å². The molecule has 3 heteroatoms. The number of rotatable bonds is 14. The average Bonchev–Trinajstić information content (AvgIpc) is 2.48. The Hall–Kier alpha value is -0.830. The first-order valence-electron chi connectivity index (χ1n) is 9.06. The molecule has 0 fully saturated rings.